The van der Waals surface area contributed by atoms with Crippen molar-refractivity contribution in [1.29, 1.82) is 0 Å². The van der Waals surface area contributed by atoms with Gasteiger partial charge in [0.2, 0.25) is 0 Å². The zero-order valence-corrected chi connectivity index (χ0v) is 12.0. The van der Waals surface area contributed by atoms with Gasteiger partial charge in [0.25, 0.3) is 0 Å². The molecule has 0 aliphatic rings. The van der Waals surface area contributed by atoms with Crippen LogP contribution in [0.3, 0.4) is 0 Å². The third kappa shape index (κ3) is 4.36. The number of pyridine rings is 1. The highest BCUT2D eigenvalue weighted by Gasteiger charge is 1.95. The monoisotopic (exact) mass is 261 g/mol. The molecule has 0 bridgehead atoms. The molecule has 0 N–H and O–H groups in total. The number of nitrogens with zero attached hydrogens (tertiary/aromatic N) is 1. The first kappa shape index (κ1) is 14.0. The molecule has 0 saturated carbocycles. The topological polar surface area (TPSA) is 12.9 Å². The molecule has 20 heavy (non-hydrogen) atoms. The number of aryl methyl sites for hydroxylation is 2. The summed E-state index contributed by atoms with van der Waals surface area (Å²) in [6.45, 7) is 4.18. The van der Waals surface area contributed by atoms with Gasteiger partial charge in [-0.2, -0.15) is 0 Å². The van der Waals surface area contributed by atoms with Gasteiger partial charge < -0.3 is 0 Å². The Morgan fingerprint density at radius 3 is 1.90 bits per heavy atom. The van der Waals surface area contributed by atoms with Crippen LogP contribution in [0.2, 0.25) is 0 Å². The second kappa shape index (κ2) is 7.25. The van der Waals surface area contributed by atoms with Crippen molar-refractivity contribution in [3.8, 4) is 11.1 Å². The summed E-state index contributed by atoms with van der Waals surface area (Å²) in [6, 6.07) is 22.7. The Hall–Kier alpha value is -2.41. The van der Waals surface area contributed by atoms with Crippen molar-refractivity contribution in [3.05, 3.63) is 90.3 Å². The predicted molar refractivity (Wildman–Crippen MR) is 85.6 cm³/mol. The van der Waals surface area contributed by atoms with Crippen LogP contribution in [0.1, 0.15) is 11.1 Å². The lowest BCUT2D eigenvalue weighted by Crippen LogP contribution is -1.79. The van der Waals surface area contributed by atoms with Crippen molar-refractivity contribution in [3.63, 3.8) is 0 Å². The van der Waals surface area contributed by atoms with Crippen LogP contribution in [0.25, 0.3) is 11.1 Å². The first-order valence-electron chi connectivity index (χ1n) is 6.74. The minimum absolute atomic E-state index is 1.17. The molecule has 0 spiro atoms. The molecule has 0 atom stereocenters. The molecule has 0 fully saturated rings. The van der Waals surface area contributed by atoms with Crippen molar-refractivity contribution < 1.29 is 0 Å². The number of benzene rings is 2. The molecule has 0 saturated heterocycles. The van der Waals surface area contributed by atoms with Gasteiger partial charge in [0.1, 0.15) is 0 Å². The van der Waals surface area contributed by atoms with Crippen molar-refractivity contribution in [2.24, 2.45) is 0 Å². The van der Waals surface area contributed by atoms with Gasteiger partial charge in [0.15, 0.2) is 0 Å². The molecule has 0 amide bonds. The van der Waals surface area contributed by atoms with Crippen molar-refractivity contribution in [1.82, 2.24) is 4.98 Å². The SMILES string of the molecule is Cc1cccc(-c2cccnc2)c1.Cc1ccccc1. The van der Waals surface area contributed by atoms with E-state index in [0.717, 1.165) is 0 Å². The van der Waals surface area contributed by atoms with Crippen LogP contribution in [-0.4, -0.2) is 4.98 Å². The maximum absolute atomic E-state index is 4.09. The first-order chi connectivity index (χ1) is 9.75. The van der Waals surface area contributed by atoms with E-state index in [1.54, 1.807) is 6.20 Å². The van der Waals surface area contributed by atoms with Gasteiger partial charge in [-0.15, -0.1) is 0 Å². The van der Waals surface area contributed by atoms with E-state index >= 15 is 0 Å². The fraction of sp³-hybridized carbons (Fsp3) is 0.105. The van der Waals surface area contributed by atoms with Crippen LogP contribution < -0.4 is 0 Å². The van der Waals surface area contributed by atoms with Crippen molar-refractivity contribution >= 4 is 0 Å². The van der Waals surface area contributed by atoms with Crippen molar-refractivity contribution in [2.45, 2.75) is 13.8 Å². The van der Waals surface area contributed by atoms with E-state index in [0.29, 0.717) is 0 Å². The molecule has 0 unspecified atom stereocenters. The fourth-order valence-corrected chi connectivity index (χ4v) is 1.89. The Bertz CT molecular complexity index is 630. The Labute approximate surface area is 121 Å². The van der Waals surface area contributed by atoms with Gasteiger partial charge >= 0.3 is 0 Å². The molecule has 1 heteroatoms. The van der Waals surface area contributed by atoms with Crippen LogP contribution in [-0.2, 0) is 0 Å². The maximum atomic E-state index is 4.09. The number of hydrogen-bond donors (Lipinski definition) is 0. The Morgan fingerprint density at radius 1 is 0.650 bits per heavy atom. The van der Waals surface area contributed by atoms with E-state index in [1.165, 1.54) is 22.3 Å². The number of aromatic nitrogens is 1. The largest absolute Gasteiger partial charge is 0.264 e. The first-order valence-corrected chi connectivity index (χ1v) is 6.74. The molecular formula is C19H19N. The molecule has 1 heterocycles. The summed E-state index contributed by atoms with van der Waals surface area (Å²) >= 11 is 0. The van der Waals surface area contributed by atoms with E-state index in [2.05, 4.69) is 61.3 Å². The van der Waals surface area contributed by atoms with E-state index in [9.17, 15) is 0 Å². The van der Waals surface area contributed by atoms with Crippen LogP contribution in [0.4, 0.5) is 0 Å². The lowest BCUT2D eigenvalue weighted by atomic mass is 10.1. The molecule has 3 aromatic rings. The van der Waals surface area contributed by atoms with Crippen LogP contribution in [0.5, 0.6) is 0 Å². The molecule has 2 aromatic carbocycles. The third-order valence-electron chi connectivity index (χ3n) is 2.95. The van der Waals surface area contributed by atoms with E-state index in [1.807, 2.05) is 30.5 Å². The summed E-state index contributed by atoms with van der Waals surface area (Å²) in [5.41, 5.74) is 5.00. The summed E-state index contributed by atoms with van der Waals surface area (Å²) < 4.78 is 0. The second-order valence-corrected chi connectivity index (χ2v) is 4.77. The van der Waals surface area contributed by atoms with Crippen LogP contribution in [0, 0.1) is 13.8 Å². The molecule has 0 aliphatic carbocycles. The van der Waals surface area contributed by atoms with Gasteiger partial charge in [-0.3, -0.25) is 4.98 Å². The molecule has 1 nitrogen and oxygen atoms in total. The molecule has 100 valence electrons. The summed E-state index contributed by atoms with van der Waals surface area (Å²) in [5.74, 6) is 0. The summed E-state index contributed by atoms with van der Waals surface area (Å²) in [5, 5.41) is 0. The molecule has 1 aromatic heterocycles. The molecule has 0 aliphatic heterocycles. The Kier molecular flexibility index (Phi) is 5.08. The Morgan fingerprint density at radius 2 is 1.35 bits per heavy atom. The van der Waals surface area contributed by atoms with E-state index in [-0.39, 0.29) is 0 Å². The highest BCUT2D eigenvalue weighted by Crippen LogP contribution is 2.18. The zero-order valence-electron chi connectivity index (χ0n) is 12.0. The highest BCUT2D eigenvalue weighted by atomic mass is 14.6. The Balaban J connectivity index is 0.000000178. The number of hydrogen-bond acceptors (Lipinski definition) is 1. The van der Waals surface area contributed by atoms with E-state index in [4.69, 9.17) is 0 Å². The normalized spacial score (nSPS) is 9.50. The van der Waals surface area contributed by atoms with Crippen LogP contribution >= 0.6 is 0 Å². The van der Waals surface area contributed by atoms with Gasteiger partial charge in [-0.25, -0.2) is 0 Å². The molecular weight excluding hydrogens is 242 g/mol. The average Bonchev–Trinajstić information content (AvgIpc) is 2.50. The lowest BCUT2D eigenvalue weighted by molar-refractivity contribution is 1.33. The quantitative estimate of drug-likeness (QED) is 0.597. The number of rotatable bonds is 1. The van der Waals surface area contributed by atoms with E-state index < -0.39 is 0 Å². The predicted octanol–water partition coefficient (Wildman–Crippen LogP) is 5.05. The fourth-order valence-electron chi connectivity index (χ4n) is 1.89. The lowest BCUT2D eigenvalue weighted by Gasteiger charge is -2.00. The minimum atomic E-state index is 1.17. The average molecular weight is 261 g/mol. The van der Waals surface area contributed by atoms with Crippen molar-refractivity contribution in [2.75, 3.05) is 0 Å². The minimum Gasteiger partial charge on any atom is -0.264 e. The summed E-state index contributed by atoms with van der Waals surface area (Å²) in [4.78, 5) is 4.09. The van der Waals surface area contributed by atoms with Crippen LogP contribution in [0.15, 0.2) is 79.1 Å². The van der Waals surface area contributed by atoms with Gasteiger partial charge in [0.05, 0.1) is 0 Å². The van der Waals surface area contributed by atoms with Gasteiger partial charge in [-0.1, -0.05) is 71.8 Å². The van der Waals surface area contributed by atoms with Gasteiger partial charge in [0, 0.05) is 12.4 Å². The molecule has 0 radical (unpaired) electrons. The van der Waals surface area contributed by atoms with Gasteiger partial charge in [-0.05, 0) is 31.0 Å². The highest BCUT2D eigenvalue weighted by molar-refractivity contribution is 5.62. The standard InChI is InChI=1S/C12H11N.C7H8/c1-10-4-2-5-11(8-10)12-6-3-7-13-9-12;1-7-5-3-2-4-6-7/h2-9H,1H3;2-6H,1H3. The zero-order chi connectivity index (χ0) is 14.2. The second-order valence-electron chi connectivity index (χ2n) is 4.77. The smallest absolute Gasteiger partial charge is 0.0346 e. The summed E-state index contributed by atoms with van der Waals surface area (Å²) in [7, 11) is 0. The summed E-state index contributed by atoms with van der Waals surface area (Å²) in [6.07, 6.45) is 3.67. The third-order valence-corrected chi connectivity index (χ3v) is 2.95. The maximum Gasteiger partial charge on any atom is 0.0346 e. The molecule has 3 rings (SSSR count).